The minimum Gasteiger partial charge on any atom is -0.390 e. The first-order valence-electron chi connectivity index (χ1n) is 5.68. The number of aliphatic hydroxyl groups is 1. The van der Waals surface area contributed by atoms with Gasteiger partial charge in [-0.2, -0.15) is 0 Å². The maximum Gasteiger partial charge on any atom is 0.172 e. The number of aryl methyl sites for hydroxylation is 1. The van der Waals surface area contributed by atoms with Crippen molar-refractivity contribution in [3.05, 3.63) is 23.4 Å². The fourth-order valence-electron chi connectivity index (χ4n) is 2.34. The third-order valence-corrected chi connectivity index (χ3v) is 3.61. The molecule has 0 saturated heterocycles. The van der Waals surface area contributed by atoms with Gasteiger partial charge in [-0.15, -0.1) is 0 Å². The zero-order chi connectivity index (χ0) is 12.2. The molecule has 2 aromatic rings. The monoisotopic (exact) mass is 235 g/mol. The van der Waals surface area contributed by atoms with Gasteiger partial charge in [0.05, 0.1) is 24.2 Å². The molecule has 0 radical (unpaired) electrons. The van der Waals surface area contributed by atoms with Crippen LogP contribution in [-0.2, 0) is 19.1 Å². The molecule has 90 valence electrons. The molecule has 1 saturated carbocycles. The number of halogens is 1. The SMILES string of the molecule is Cn1c(C2(C)CC2)c(F)c2ncc(CO)nc21. The summed E-state index contributed by atoms with van der Waals surface area (Å²) in [6, 6.07) is 0. The van der Waals surface area contributed by atoms with Crippen molar-refractivity contribution < 1.29 is 9.50 Å². The zero-order valence-corrected chi connectivity index (χ0v) is 9.87. The van der Waals surface area contributed by atoms with Crippen LogP contribution in [0.25, 0.3) is 11.2 Å². The largest absolute Gasteiger partial charge is 0.390 e. The van der Waals surface area contributed by atoms with E-state index >= 15 is 0 Å². The van der Waals surface area contributed by atoms with E-state index in [1.54, 1.807) is 11.6 Å². The summed E-state index contributed by atoms with van der Waals surface area (Å²) in [6.07, 6.45) is 3.42. The van der Waals surface area contributed by atoms with E-state index in [1.807, 2.05) is 0 Å². The summed E-state index contributed by atoms with van der Waals surface area (Å²) in [5.41, 5.74) is 1.89. The van der Waals surface area contributed by atoms with Gasteiger partial charge < -0.3 is 9.67 Å². The molecule has 2 aromatic heterocycles. The average molecular weight is 235 g/mol. The number of hydrogen-bond donors (Lipinski definition) is 1. The topological polar surface area (TPSA) is 50.9 Å². The van der Waals surface area contributed by atoms with Crippen LogP contribution in [0.2, 0.25) is 0 Å². The molecular formula is C12H14FN3O. The van der Waals surface area contributed by atoms with Crippen molar-refractivity contribution in [2.45, 2.75) is 31.8 Å². The first kappa shape index (κ1) is 10.7. The van der Waals surface area contributed by atoms with Gasteiger partial charge in [0, 0.05) is 12.5 Å². The van der Waals surface area contributed by atoms with Crippen LogP contribution in [0, 0.1) is 5.82 Å². The van der Waals surface area contributed by atoms with Gasteiger partial charge >= 0.3 is 0 Å². The lowest BCUT2D eigenvalue weighted by atomic mass is 10.1. The van der Waals surface area contributed by atoms with Crippen LogP contribution in [-0.4, -0.2) is 19.6 Å². The van der Waals surface area contributed by atoms with Crippen molar-refractivity contribution in [2.75, 3.05) is 0 Å². The van der Waals surface area contributed by atoms with Gasteiger partial charge in [-0.25, -0.2) is 14.4 Å². The first-order valence-corrected chi connectivity index (χ1v) is 5.68. The molecule has 0 aliphatic heterocycles. The van der Waals surface area contributed by atoms with E-state index in [1.165, 1.54) is 6.20 Å². The second-order valence-corrected chi connectivity index (χ2v) is 4.97. The molecule has 1 N–H and O–H groups in total. The quantitative estimate of drug-likeness (QED) is 0.861. The molecule has 1 aliphatic carbocycles. The predicted molar refractivity (Wildman–Crippen MR) is 61.0 cm³/mol. The highest BCUT2D eigenvalue weighted by atomic mass is 19.1. The summed E-state index contributed by atoms with van der Waals surface area (Å²) in [5, 5.41) is 9.03. The van der Waals surface area contributed by atoms with Crippen LogP contribution in [0.15, 0.2) is 6.20 Å². The molecule has 4 nitrogen and oxygen atoms in total. The third-order valence-electron chi connectivity index (χ3n) is 3.61. The van der Waals surface area contributed by atoms with Crippen molar-refractivity contribution in [1.29, 1.82) is 0 Å². The van der Waals surface area contributed by atoms with Gasteiger partial charge in [0.25, 0.3) is 0 Å². The van der Waals surface area contributed by atoms with E-state index in [2.05, 4.69) is 16.9 Å². The fourth-order valence-corrected chi connectivity index (χ4v) is 2.34. The van der Waals surface area contributed by atoms with E-state index in [0.29, 0.717) is 22.6 Å². The van der Waals surface area contributed by atoms with Gasteiger partial charge in [0.2, 0.25) is 0 Å². The molecule has 5 heteroatoms. The van der Waals surface area contributed by atoms with Crippen LogP contribution in [0.3, 0.4) is 0 Å². The molecule has 0 unspecified atom stereocenters. The number of fused-ring (bicyclic) bond motifs is 1. The highest BCUT2D eigenvalue weighted by Crippen LogP contribution is 2.49. The van der Waals surface area contributed by atoms with E-state index in [4.69, 9.17) is 5.11 Å². The average Bonchev–Trinajstić information content (AvgIpc) is 3.00. The molecule has 3 rings (SSSR count). The number of nitrogens with zero attached hydrogens (tertiary/aromatic N) is 3. The molecule has 0 amide bonds. The Labute approximate surface area is 98.1 Å². The highest BCUT2D eigenvalue weighted by molar-refractivity contribution is 5.74. The second kappa shape index (κ2) is 3.26. The molecular weight excluding hydrogens is 221 g/mol. The minimum absolute atomic E-state index is 0.0689. The van der Waals surface area contributed by atoms with E-state index in [-0.39, 0.29) is 17.8 Å². The summed E-state index contributed by atoms with van der Waals surface area (Å²) in [4.78, 5) is 8.28. The fraction of sp³-hybridized carbons (Fsp3) is 0.500. The van der Waals surface area contributed by atoms with Crippen LogP contribution >= 0.6 is 0 Å². The van der Waals surface area contributed by atoms with Crippen molar-refractivity contribution >= 4 is 11.2 Å². The van der Waals surface area contributed by atoms with Crippen molar-refractivity contribution in [3.63, 3.8) is 0 Å². The molecule has 1 aliphatic rings. The van der Waals surface area contributed by atoms with E-state index in [0.717, 1.165) is 12.8 Å². The van der Waals surface area contributed by atoms with Gasteiger partial charge in [0.15, 0.2) is 11.5 Å². The third kappa shape index (κ3) is 1.38. The van der Waals surface area contributed by atoms with Gasteiger partial charge in [0.1, 0.15) is 5.52 Å². The zero-order valence-electron chi connectivity index (χ0n) is 9.87. The Morgan fingerprint density at radius 2 is 2.24 bits per heavy atom. The van der Waals surface area contributed by atoms with Crippen molar-refractivity contribution in [3.8, 4) is 0 Å². The van der Waals surface area contributed by atoms with Crippen LogP contribution in [0.1, 0.15) is 31.2 Å². The summed E-state index contributed by atoms with van der Waals surface area (Å²) in [5.74, 6) is -0.264. The van der Waals surface area contributed by atoms with Crippen LogP contribution in [0.5, 0.6) is 0 Å². The Bertz CT molecular complexity index is 601. The lowest BCUT2D eigenvalue weighted by molar-refractivity contribution is 0.276. The molecule has 2 heterocycles. The summed E-state index contributed by atoms with van der Waals surface area (Å²) >= 11 is 0. The predicted octanol–water partition coefficient (Wildman–Crippen LogP) is 1.65. The van der Waals surface area contributed by atoms with Crippen molar-refractivity contribution in [2.24, 2.45) is 7.05 Å². The molecule has 0 bridgehead atoms. The summed E-state index contributed by atoms with van der Waals surface area (Å²) in [6.45, 7) is 1.87. The minimum atomic E-state index is -0.264. The smallest absolute Gasteiger partial charge is 0.172 e. The Balaban J connectivity index is 2.31. The number of rotatable bonds is 2. The molecule has 0 atom stereocenters. The van der Waals surface area contributed by atoms with Crippen LogP contribution in [0.4, 0.5) is 4.39 Å². The highest BCUT2D eigenvalue weighted by Gasteiger charge is 2.44. The maximum atomic E-state index is 14.3. The summed E-state index contributed by atoms with van der Waals surface area (Å²) < 4.78 is 16.0. The lowest BCUT2D eigenvalue weighted by Gasteiger charge is -2.09. The number of aliphatic hydroxyl groups excluding tert-OH is 1. The second-order valence-electron chi connectivity index (χ2n) is 4.97. The molecule has 17 heavy (non-hydrogen) atoms. The Kier molecular flexibility index (Phi) is 2.04. The molecule has 0 spiro atoms. The first-order chi connectivity index (χ1) is 8.07. The Hall–Kier alpha value is -1.49. The standard InChI is InChI=1S/C12H14FN3O/c1-12(3-4-12)10-8(13)9-11(16(10)2)15-7(6-17)5-14-9/h5,17H,3-4,6H2,1-2H3. The number of hydrogen-bond acceptors (Lipinski definition) is 3. The molecule has 0 aromatic carbocycles. The van der Waals surface area contributed by atoms with Gasteiger partial charge in [-0.1, -0.05) is 6.92 Å². The van der Waals surface area contributed by atoms with Crippen LogP contribution < -0.4 is 0 Å². The lowest BCUT2D eigenvalue weighted by Crippen LogP contribution is -2.09. The number of aromatic nitrogens is 3. The normalized spacial score (nSPS) is 17.6. The Morgan fingerprint density at radius 3 is 2.82 bits per heavy atom. The Morgan fingerprint density at radius 1 is 1.53 bits per heavy atom. The molecule has 1 fully saturated rings. The summed E-state index contributed by atoms with van der Waals surface area (Å²) in [7, 11) is 1.81. The van der Waals surface area contributed by atoms with E-state index in [9.17, 15) is 4.39 Å². The van der Waals surface area contributed by atoms with Gasteiger partial charge in [-0.05, 0) is 12.8 Å². The van der Waals surface area contributed by atoms with E-state index < -0.39 is 0 Å². The van der Waals surface area contributed by atoms with Gasteiger partial charge in [-0.3, -0.25) is 0 Å². The maximum absolute atomic E-state index is 14.3. The van der Waals surface area contributed by atoms with Crippen molar-refractivity contribution in [1.82, 2.24) is 14.5 Å².